The number of nitrogens with zero attached hydrogens (tertiary/aromatic N) is 2. The summed E-state index contributed by atoms with van der Waals surface area (Å²) in [6.45, 7) is 12.7. The summed E-state index contributed by atoms with van der Waals surface area (Å²) in [4.78, 5) is 25.4. The molecule has 3 rings (SSSR count). The monoisotopic (exact) mass is 381 g/mol. The van der Waals surface area contributed by atoms with E-state index in [4.69, 9.17) is 4.42 Å². The Kier molecular flexibility index (Phi) is 5.40. The average Bonchev–Trinajstić information content (AvgIpc) is 2.94. The van der Waals surface area contributed by atoms with Gasteiger partial charge in [0.1, 0.15) is 5.58 Å². The Balaban J connectivity index is 1.97. The zero-order chi connectivity index (χ0) is 20.6. The number of amides is 1. The van der Waals surface area contributed by atoms with E-state index in [0.717, 1.165) is 34.6 Å². The first-order chi connectivity index (χ1) is 13.3. The average molecular weight is 381 g/mol. The van der Waals surface area contributed by atoms with Gasteiger partial charge in [-0.3, -0.25) is 14.3 Å². The summed E-state index contributed by atoms with van der Waals surface area (Å²) in [6.07, 6.45) is 0.707. The molecule has 3 aromatic rings. The maximum atomic E-state index is 12.9. The second kappa shape index (κ2) is 7.62. The molecule has 0 spiro atoms. The van der Waals surface area contributed by atoms with Crippen molar-refractivity contribution in [2.75, 3.05) is 0 Å². The summed E-state index contributed by atoms with van der Waals surface area (Å²) >= 11 is 0. The van der Waals surface area contributed by atoms with Crippen LogP contribution in [0.25, 0.3) is 11.0 Å². The maximum absolute atomic E-state index is 12.9. The van der Waals surface area contributed by atoms with Gasteiger partial charge in [0.05, 0.1) is 17.1 Å². The van der Waals surface area contributed by atoms with Crippen molar-refractivity contribution in [2.45, 2.75) is 60.5 Å². The molecular formula is C22H27N3O3. The van der Waals surface area contributed by atoms with Gasteiger partial charge in [0, 0.05) is 23.9 Å². The van der Waals surface area contributed by atoms with Crippen LogP contribution in [0.4, 0.5) is 0 Å². The molecule has 0 aliphatic rings. The number of nitrogens with one attached hydrogen (secondary N) is 1. The lowest BCUT2D eigenvalue weighted by molar-refractivity contribution is 0.0908. The first-order valence-electron chi connectivity index (χ1n) is 9.66. The van der Waals surface area contributed by atoms with Crippen LogP contribution in [0, 0.1) is 27.7 Å². The van der Waals surface area contributed by atoms with Crippen molar-refractivity contribution in [2.24, 2.45) is 0 Å². The van der Waals surface area contributed by atoms with E-state index in [-0.39, 0.29) is 17.2 Å². The third kappa shape index (κ3) is 3.46. The highest BCUT2D eigenvalue weighted by Crippen LogP contribution is 2.25. The van der Waals surface area contributed by atoms with Gasteiger partial charge in [0.15, 0.2) is 11.2 Å². The topological polar surface area (TPSA) is 77.1 Å². The van der Waals surface area contributed by atoms with Crippen molar-refractivity contribution in [1.82, 2.24) is 15.1 Å². The van der Waals surface area contributed by atoms with Crippen LogP contribution in [-0.4, -0.2) is 15.7 Å². The number of carbonyl (C=O) groups is 1. The van der Waals surface area contributed by atoms with E-state index in [2.05, 4.69) is 10.4 Å². The minimum atomic E-state index is -0.396. The van der Waals surface area contributed by atoms with Gasteiger partial charge in [-0.15, -0.1) is 0 Å². The Hall–Kier alpha value is -2.89. The molecule has 0 saturated carbocycles. The number of fused-ring (bicyclic) bond motifs is 1. The summed E-state index contributed by atoms with van der Waals surface area (Å²) in [5.41, 5.74) is 5.21. The Labute approximate surface area is 164 Å². The molecule has 0 radical (unpaired) electrons. The third-order valence-electron chi connectivity index (χ3n) is 5.37. The summed E-state index contributed by atoms with van der Waals surface area (Å²) < 4.78 is 7.71. The van der Waals surface area contributed by atoms with E-state index in [1.807, 2.05) is 46.2 Å². The molecule has 0 fully saturated rings. The molecule has 0 aliphatic heterocycles. The number of carbonyl (C=O) groups excluding carboxylic acids is 1. The van der Waals surface area contributed by atoms with Crippen LogP contribution in [0.3, 0.4) is 0 Å². The SMILES string of the molecule is CC[C@H](NC(=O)c1cc(=O)c2cc(C)c(C)cc2o1)c1c(C)nn(CC)c1C. The number of rotatable bonds is 5. The fraction of sp³-hybridized carbons (Fsp3) is 0.409. The summed E-state index contributed by atoms with van der Waals surface area (Å²) in [7, 11) is 0. The van der Waals surface area contributed by atoms with Gasteiger partial charge >= 0.3 is 0 Å². The van der Waals surface area contributed by atoms with Gasteiger partial charge in [-0.1, -0.05) is 6.92 Å². The molecule has 1 N–H and O–H groups in total. The van der Waals surface area contributed by atoms with E-state index in [1.165, 1.54) is 6.07 Å². The zero-order valence-electron chi connectivity index (χ0n) is 17.3. The first kappa shape index (κ1) is 19.9. The third-order valence-corrected chi connectivity index (χ3v) is 5.37. The molecule has 6 heteroatoms. The Bertz CT molecular complexity index is 1110. The fourth-order valence-electron chi connectivity index (χ4n) is 3.65. The van der Waals surface area contributed by atoms with E-state index in [9.17, 15) is 9.59 Å². The van der Waals surface area contributed by atoms with E-state index >= 15 is 0 Å². The highest BCUT2D eigenvalue weighted by molar-refractivity contribution is 5.93. The van der Waals surface area contributed by atoms with Gasteiger partial charge in [-0.25, -0.2) is 0 Å². The lowest BCUT2D eigenvalue weighted by atomic mass is 10.0. The van der Waals surface area contributed by atoms with Crippen molar-refractivity contribution < 1.29 is 9.21 Å². The van der Waals surface area contributed by atoms with Crippen LogP contribution in [0.1, 0.15) is 64.9 Å². The second-order valence-corrected chi connectivity index (χ2v) is 7.24. The minimum absolute atomic E-state index is 0.0254. The van der Waals surface area contributed by atoms with Crippen molar-refractivity contribution in [3.05, 3.63) is 62.3 Å². The fourth-order valence-corrected chi connectivity index (χ4v) is 3.65. The van der Waals surface area contributed by atoms with Crippen molar-refractivity contribution in [3.63, 3.8) is 0 Å². The first-order valence-corrected chi connectivity index (χ1v) is 9.66. The Morgan fingerprint density at radius 1 is 1.14 bits per heavy atom. The molecule has 1 aromatic carbocycles. The van der Waals surface area contributed by atoms with Gasteiger partial charge < -0.3 is 9.73 Å². The molecule has 2 heterocycles. The quantitative estimate of drug-likeness (QED) is 0.721. The standard InChI is InChI=1S/C22H27N3O3/c1-7-17(21-14(5)24-25(8-2)15(21)6)23-22(27)20-11-18(26)16-9-12(3)13(4)10-19(16)28-20/h9-11,17H,7-8H2,1-6H3,(H,23,27)/t17-/m0/s1. The van der Waals surface area contributed by atoms with Crippen LogP contribution in [-0.2, 0) is 6.54 Å². The van der Waals surface area contributed by atoms with E-state index in [1.54, 1.807) is 12.1 Å². The van der Waals surface area contributed by atoms with Gasteiger partial charge in [-0.05, 0) is 64.3 Å². The van der Waals surface area contributed by atoms with Crippen molar-refractivity contribution >= 4 is 16.9 Å². The van der Waals surface area contributed by atoms with Crippen LogP contribution < -0.4 is 10.7 Å². The molecule has 0 aliphatic carbocycles. The number of hydrogen-bond donors (Lipinski definition) is 1. The van der Waals surface area contributed by atoms with Crippen LogP contribution >= 0.6 is 0 Å². The van der Waals surface area contributed by atoms with Gasteiger partial charge in [0.25, 0.3) is 5.91 Å². The molecule has 6 nitrogen and oxygen atoms in total. The summed E-state index contributed by atoms with van der Waals surface area (Å²) in [6, 6.07) is 4.68. The number of hydrogen-bond acceptors (Lipinski definition) is 4. The summed E-state index contributed by atoms with van der Waals surface area (Å²) in [5, 5.41) is 8.04. The highest BCUT2D eigenvalue weighted by atomic mass is 16.3. The van der Waals surface area contributed by atoms with Gasteiger partial charge in [-0.2, -0.15) is 5.10 Å². The van der Waals surface area contributed by atoms with Crippen LogP contribution in [0.2, 0.25) is 0 Å². The molecule has 2 aromatic heterocycles. The molecule has 1 amide bonds. The van der Waals surface area contributed by atoms with Crippen LogP contribution in [0.15, 0.2) is 27.4 Å². The largest absolute Gasteiger partial charge is 0.451 e. The molecule has 0 unspecified atom stereocenters. The minimum Gasteiger partial charge on any atom is -0.451 e. The van der Waals surface area contributed by atoms with E-state index < -0.39 is 5.91 Å². The number of benzene rings is 1. The molecular weight excluding hydrogens is 354 g/mol. The number of aryl methyl sites for hydroxylation is 4. The van der Waals surface area contributed by atoms with E-state index in [0.29, 0.717) is 17.4 Å². The molecule has 28 heavy (non-hydrogen) atoms. The zero-order valence-corrected chi connectivity index (χ0v) is 17.3. The number of aromatic nitrogens is 2. The van der Waals surface area contributed by atoms with Crippen molar-refractivity contribution in [3.8, 4) is 0 Å². The normalized spacial score (nSPS) is 12.4. The smallest absolute Gasteiger partial charge is 0.287 e. The second-order valence-electron chi connectivity index (χ2n) is 7.24. The van der Waals surface area contributed by atoms with Crippen LogP contribution in [0.5, 0.6) is 0 Å². The lowest BCUT2D eigenvalue weighted by Crippen LogP contribution is -2.29. The maximum Gasteiger partial charge on any atom is 0.287 e. The predicted molar refractivity (Wildman–Crippen MR) is 110 cm³/mol. The molecule has 148 valence electrons. The lowest BCUT2D eigenvalue weighted by Gasteiger charge is -2.18. The molecule has 0 bridgehead atoms. The van der Waals surface area contributed by atoms with Crippen molar-refractivity contribution in [1.29, 1.82) is 0 Å². The Morgan fingerprint density at radius 2 is 1.82 bits per heavy atom. The highest BCUT2D eigenvalue weighted by Gasteiger charge is 2.23. The van der Waals surface area contributed by atoms with Gasteiger partial charge in [0.2, 0.25) is 0 Å². The molecule has 0 saturated heterocycles. The predicted octanol–water partition coefficient (Wildman–Crippen LogP) is 4.12. The molecule has 1 atom stereocenters. The summed E-state index contributed by atoms with van der Waals surface area (Å²) in [5.74, 6) is -0.371. The Morgan fingerprint density at radius 3 is 2.43 bits per heavy atom.